The fourth-order valence-corrected chi connectivity index (χ4v) is 7.19. The van der Waals surface area contributed by atoms with Crippen molar-refractivity contribution in [2.75, 3.05) is 24.2 Å². The van der Waals surface area contributed by atoms with Crippen LogP contribution in [0.3, 0.4) is 0 Å². The van der Waals surface area contributed by atoms with Crippen LogP contribution in [0.5, 0.6) is 0 Å². The van der Waals surface area contributed by atoms with E-state index in [9.17, 15) is 14.9 Å². The van der Waals surface area contributed by atoms with Gasteiger partial charge in [-0.25, -0.2) is 0 Å². The lowest BCUT2D eigenvalue weighted by atomic mass is 9.56. The molecule has 1 amide bonds. The minimum Gasteiger partial charge on any atom is -0.383 e. The summed E-state index contributed by atoms with van der Waals surface area (Å²) in [6.45, 7) is 1.16. The largest absolute Gasteiger partial charge is 0.383 e. The SMILES string of the molecule is O=C(CSC12CC3CC(CC(C3)C1)C2)NCCNc1ccc([N+](=O)[O-])cc1. The highest BCUT2D eigenvalue weighted by Crippen LogP contribution is 2.60. The molecule has 6 nitrogen and oxygen atoms in total. The van der Waals surface area contributed by atoms with Crippen molar-refractivity contribution in [3.8, 4) is 0 Å². The highest BCUT2D eigenvalue weighted by atomic mass is 32.2. The summed E-state index contributed by atoms with van der Waals surface area (Å²) >= 11 is 1.90. The minimum absolute atomic E-state index is 0.0792. The summed E-state index contributed by atoms with van der Waals surface area (Å²) in [6, 6.07) is 6.32. The number of hydrogen-bond acceptors (Lipinski definition) is 5. The maximum atomic E-state index is 12.2. The predicted molar refractivity (Wildman–Crippen MR) is 108 cm³/mol. The molecule has 5 rings (SSSR count). The number of nitrogens with one attached hydrogen (secondary N) is 2. The molecule has 0 saturated heterocycles. The van der Waals surface area contributed by atoms with Crippen molar-refractivity contribution >= 4 is 29.0 Å². The van der Waals surface area contributed by atoms with Crippen LogP contribution in [-0.2, 0) is 4.79 Å². The van der Waals surface area contributed by atoms with Crippen molar-refractivity contribution in [2.24, 2.45) is 17.8 Å². The third kappa shape index (κ3) is 4.39. The van der Waals surface area contributed by atoms with Crippen LogP contribution in [0.15, 0.2) is 24.3 Å². The van der Waals surface area contributed by atoms with E-state index in [0.717, 1.165) is 23.4 Å². The van der Waals surface area contributed by atoms with Crippen LogP contribution in [0.2, 0.25) is 0 Å². The first-order valence-corrected chi connectivity index (χ1v) is 10.9. The fourth-order valence-electron chi connectivity index (χ4n) is 5.59. The van der Waals surface area contributed by atoms with Crippen LogP contribution in [0, 0.1) is 27.9 Å². The fraction of sp³-hybridized carbons (Fsp3) is 0.650. The molecule has 0 spiro atoms. The van der Waals surface area contributed by atoms with Crippen LogP contribution in [0.1, 0.15) is 38.5 Å². The Morgan fingerprint density at radius 3 is 2.22 bits per heavy atom. The minimum atomic E-state index is -0.411. The highest BCUT2D eigenvalue weighted by molar-refractivity contribution is 8.01. The number of thioether (sulfide) groups is 1. The van der Waals surface area contributed by atoms with Crippen molar-refractivity contribution in [1.29, 1.82) is 0 Å². The summed E-state index contributed by atoms with van der Waals surface area (Å²) in [5.74, 6) is 3.42. The quantitative estimate of drug-likeness (QED) is 0.401. The lowest BCUT2D eigenvalue weighted by Crippen LogP contribution is -2.49. The first kappa shape index (κ1) is 18.6. The Morgan fingerprint density at radius 2 is 1.67 bits per heavy atom. The van der Waals surface area contributed by atoms with E-state index in [2.05, 4.69) is 10.6 Å². The molecule has 4 bridgehead atoms. The summed E-state index contributed by atoms with van der Waals surface area (Å²) in [7, 11) is 0. The Balaban J connectivity index is 1.16. The average Bonchev–Trinajstić information content (AvgIpc) is 2.63. The van der Waals surface area contributed by atoms with Gasteiger partial charge in [0, 0.05) is 35.7 Å². The average molecular weight is 390 g/mol. The third-order valence-corrected chi connectivity index (χ3v) is 7.86. The van der Waals surface area contributed by atoms with Crippen LogP contribution < -0.4 is 10.6 Å². The standard InChI is InChI=1S/C20H27N3O3S/c24-19(22-6-5-21-17-1-3-18(4-2-17)23(25)26)13-27-20-10-14-7-15(11-20)9-16(8-14)12-20/h1-4,14-16,21H,5-13H2,(H,22,24). The van der Waals surface area contributed by atoms with Crippen LogP contribution in [-0.4, -0.2) is 34.4 Å². The van der Waals surface area contributed by atoms with Gasteiger partial charge in [-0.15, -0.1) is 11.8 Å². The number of carbonyl (C=O) groups excluding carboxylic acids is 1. The van der Waals surface area contributed by atoms with Crippen LogP contribution in [0.25, 0.3) is 0 Å². The molecular weight excluding hydrogens is 362 g/mol. The number of nitrogens with zero attached hydrogens (tertiary/aromatic N) is 1. The molecule has 7 heteroatoms. The Hall–Kier alpha value is -1.76. The van der Waals surface area contributed by atoms with E-state index in [-0.39, 0.29) is 11.6 Å². The topological polar surface area (TPSA) is 84.3 Å². The van der Waals surface area contributed by atoms with Gasteiger partial charge >= 0.3 is 0 Å². The molecule has 0 atom stereocenters. The first-order chi connectivity index (χ1) is 13.0. The van der Waals surface area contributed by atoms with Gasteiger partial charge in [-0.3, -0.25) is 14.9 Å². The molecule has 4 saturated carbocycles. The van der Waals surface area contributed by atoms with E-state index in [1.807, 2.05) is 11.8 Å². The second-order valence-corrected chi connectivity index (χ2v) is 9.91. The molecule has 4 fully saturated rings. The maximum absolute atomic E-state index is 12.2. The monoisotopic (exact) mass is 389 g/mol. The molecular formula is C20H27N3O3S. The smallest absolute Gasteiger partial charge is 0.269 e. The summed E-state index contributed by atoms with van der Waals surface area (Å²) in [4.78, 5) is 22.5. The molecule has 0 unspecified atom stereocenters. The van der Waals surface area contributed by atoms with Gasteiger partial charge in [0.15, 0.2) is 0 Å². The first-order valence-electron chi connectivity index (χ1n) is 9.90. The van der Waals surface area contributed by atoms with Gasteiger partial charge in [0.05, 0.1) is 10.7 Å². The molecule has 1 aromatic carbocycles. The molecule has 146 valence electrons. The lowest BCUT2D eigenvalue weighted by Gasteiger charge is -2.56. The summed E-state index contributed by atoms with van der Waals surface area (Å²) in [6.07, 6.45) is 8.25. The number of nitro benzene ring substituents is 1. The zero-order valence-corrected chi connectivity index (χ0v) is 16.3. The summed E-state index contributed by atoms with van der Waals surface area (Å²) < 4.78 is 0.378. The number of anilines is 1. The van der Waals surface area contributed by atoms with E-state index in [1.165, 1.54) is 50.7 Å². The zero-order chi connectivity index (χ0) is 18.9. The molecule has 1 aromatic rings. The van der Waals surface area contributed by atoms with Crippen LogP contribution in [0.4, 0.5) is 11.4 Å². The lowest BCUT2D eigenvalue weighted by molar-refractivity contribution is -0.384. The van der Waals surface area contributed by atoms with Gasteiger partial charge < -0.3 is 10.6 Å². The number of amides is 1. The number of benzene rings is 1. The molecule has 2 N–H and O–H groups in total. The van der Waals surface area contributed by atoms with Gasteiger partial charge in [-0.1, -0.05) is 0 Å². The number of nitro groups is 1. The number of non-ortho nitro benzene ring substituents is 1. The Kier molecular flexibility index (Phi) is 5.30. The van der Waals surface area contributed by atoms with E-state index in [1.54, 1.807) is 12.1 Å². The molecule has 0 radical (unpaired) electrons. The molecule has 0 aromatic heterocycles. The molecule has 4 aliphatic carbocycles. The van der Waals surface area contributed by atoms with Crippen molar-refractivity contribution in [3.05, 3.63) is 34.4 Å². The Labute approximate surface area is 164 Å². The molecule has 4 aliphatic rings. The van der Waals surface area contributed by atoms with E-state index in [4.69, 9.17) is 0 Å². The number of rotatable bonds is 8. The number of hydrogen-bond donors (Lipinski definition) is 2. The molecule has 27 heavy (non-hydrogen) atoms. The van der Waals surface area contributed by atoms with Crippen molar-refractivity contribution in [3.63, 3.8) is 0 Å². The van der Waals surface area contributed by atoms with Crippen molar-refractivity contribution in [1.82, 2.24) is 5.32 Å². The van der Waals surface area contributed by atoms with E-state index >= 15 is 0 Å². The summed E-state index contributed by atoms with van der Waals surface area (Å²) in [5.41, 5.74) is 0.897. The van der Waals surface area contributed by atoms with Gasteiger partial charge in [0.25, 0.3) is 5.69 Å². The Morgan fingerprint density at radius 1 is 1.07 bits per heavy atom. The molecule has 0 aliphatic heterocycles. The van der Waals surface area contributed by atoms with Gasteiger partial charge in [-0.2, -0.15) is 0 Å². The highest BCUT2D eigenvalue weighted by Gasteiger charge is 2.51. The maximum Gasteiger partial charge on any atom is 0.269 e. The summed E-state index contributed by atoms with van der Waals surface area (Å²) in [5, 5.41) is 16.8. The second kappa shape index (κ2) is 7.70. The van der Waals surface area contributed by atoms with E-state index in [0.29, 0.717) is 23.6 Å². The molecule has 0 heterocycles. The zero-order valence-electron chi connectivity index (χ0n) is 15.5. The Bertz CT molecular complexity index is 672. The predicted octanol–water partition coefficient (Wildman–Crippen LogP) is 3.82. The van der Waals surface area contributed by atoms with Crippen LogP contribution >= 0.6 is 11.8 Å². The second-order valence-electron chi connectivity index (χ2n) is 8.47. The van der Waals surface area contributed by atoms with Crippen molar-refractivity contribution in [2.45, 2.75) is 43.3 Å². The van der Waals surface area contributed by atoms with Crippen molar-refractivity contribution < 1.29 is 9.72 Å². The van der Waals surface area contributed by atoms with E-state index < -0.39 is 4.92 Å². The van der Waals surface area contributed by atoms with Gasteiger partial charge in [0.1, 0.15) is 0 Å². The normalized spacial score (nSPS) is 30.9. The van der Waals surface area contributed by atoms with Gasteiger partial charge in [-0.05, 0) is 68.4 Å². The number of carbonyl (C=O) groups is 1. The van der Waals surface area contributed by atoms with Gasteiger partial charge in [0.2, 0.25) is 5.91 Å². The third-order valence-electron chi connectivity index (χ3n) is 6.35.